The molecule has 0 radical (unpaired) electrons. The zero-order valence-corrected chi connectivity index (χ0v) is 10.5. The Morgan fingerprint density at radius 1 is 1.47 bits per heavy atom. The molecule has 6 nitrogen and oxygen atoms in total. The fourth-order valence-electron chi connectivity index (χ4n) is 1.73. The maximum absolute atomic E-state index is 13.2. The van der Waals surface area contributed by atoms with Crippen LogP contribution in [0.25, 0.3) is 5.69 Å². The van der Waals surface area contributed by atoms with E-state index in [9.17, 15) is 9.18 Å². The first-order valence-electron chi connectivity index (χ1n) is 5.61. The Bertz CT molecular complexity index is 618. The molecule has 1 aromatic heterocycles. The zero-order valence-electron chi connectivity index (χ0n) is 9.69. The van der Waals surface area contributed by atoms with E-state index in [0.29, 0.717) is 23.9 Å². The van der Waals surface area contributed by atoms with Crippen molar-refractivity contribution in [2.45, 2.75) is 16.8 Å². The van der Waals surface area contributed by atoms with Gasteiger partial charge in [-0.05, 0) is 28.6 Å². The maximum atomic E-state index is 13.2. The van der Waals surface area contributed by atoms with Gasteiger partial charge >= 0.3 is 5.97 Å². The number of carbonyl (C=O) groups excluding carboxylic acids is 1. The van der Waals surface area contributed by atoms with Crippen molar-refractivity contribution >= 4 is 17.7 Å². The van der Waals surface area contributed by atoms with Crippen molar-refractivity contribution in [1.82, 2.24) is 20.2 Å². The molecular weight excluding hydrogens is 271 g/mol. The van der Waals surface area contributed by atoms with Gasteiger partial charge in [0.05, 0.1) is 12.3 Å². The summed E-state index contributed by atoms with van der Waals surface area (Å²) in [6.07, 6.45) is 0.625. The second-order valence-corrected chi connectivity index (χ2v) is 5.09. The van der Waals surface area contributed by atoms with Gasteiger partial charge in [0.15, 0.2) is 0 Å². The molecule has 1 aromatic carbocycles. The van der Waals surface area contributed by atoms with E-state index in [4.69, 9.17) is 4.74 Å². The molecule has 0 unspecified atom stereocenters. The number of carbonyl (C=O) groups is 1. The van der Waals surface area contributed by atoms with Gasteiger partial charge in [0.2, 0.25) is 5.16 Å². The number of esters is 1. The molecule has 1 aliphatic heterocycles. The van der Waals surface area contributed by atoms with E-state index in [2.05, 4.69) is 15.5 Å². The van der Waals surface area contributed by atoms with Gasteiger partial charge in [-0.2, -0.15) is 4.68 Å². The molecule has 0 amide bonds. The molecule has 0 spiro atoms. The van der Waals surface area contributed by atoms with E-state index in [1.54, 1.807) is 12.1 Å². The van der Waals surface area contributed by atoms with Crippen LogP contribution in [0.5, 0.6) is 0 Å². The van der Waals surface area contributed by atoms with Crippen LogP contribution in [-0.2, 0) is 9.53 Å². The first-order valence-corrected chi connectivity index (χ1v) is 6.49. The number of rotatable bonds is 3. The van der Waals surface area contributed by atoms with Crippen molar-refractivity contribution in [2.24, 2.45) is 0 Å². The van der Waals surface area contributed by atoms with Gasteiger partial charge in [0, 0.05) is 6.42 Å². The summed E-state index contributed by atoms with van der Waals surface area (Å²) >= 11 is 1.22. The fraction of sp³-hybridized carbons (Fsp3) is 0.273. The molecule has 0 aliphatic carbocycles. The molecule has 2 aromatic rings. The SMILES string of the molecule is O=C1OCC[C@@H]1Sc1nnnn1-c1cccc(F)c1. The van der Waals surface area contributed by atoms with Crippen LogP contribution < -0.4 is 0 Å². The van der Waals surface area contributed by atoms with E-state index in [-0.39, 0.29) is 17.0 Å². The average molecular weight is 280 g/mol. The predicted octanol–water partition coefficient (Wildman–Crippen LogP) is 1.21. The predicted molar refractivity (Wildman–Crippen MR) is 64.3 cm³/mol. The molecule has 1 aliphatic rings. The van der Waals surface area contributed by atoms with Crippen molar-refractivity contribution in [3.8, 4) is 5.69 Å². The smallest absolute Gasteiger partial charge is 0.319 e. The minimum Gasteiger partial charge on any atom is -0.465 e. The number of hydrogen-bond donors (Lipinski definition) is 0. The normalized spacial score (nSPS) is 18.6. The number of cyclic esters (lactones) is 1. The van der Waals surface area contributed by atoms with Crippen LogP contribution in [0.4, 0.5) is 4.39 Å². The van der Waals surface area contributed by atoms with Crippen LogP contribution in [0.2, 0.25) is 0 Å². The largest absolute Gasteiger partial charge is 0.465 e. The van der Waals surface area contributed by atoms with Crippen LogP contribution in [0.3, 0.4) is 0 Å². The molecule has 0 N–H and O–H groups in total. The second-order valence-electron chi connectivity index (χ2n) is 3.92. The molecule has 1 atom stereocenters. The van der Waals surface area contributed by atoms with E-state index in [1.165, 1.54) is 28.6 Å². The third-order valence-electron chi connectivity index (χ3n) is 2.63. The van der Waals surface area contributed by atoms with Crippen molar-refractivity contribution < 1.29 is 13.9 Å². The molecule has 3 rings (SSSR count). The van der Waals surface area contributed by atoms with E-state index in [0.717, 1.165) is 0 Å². The molecular formula is C11H9FN4O2S. The molecule has 8 heteroatoms. The van der Waals surface area contributed by atoms with Gasteiger partial charge in [0.1, 0.15) is 11.1 Å². The summed E-state index contributed by atoms with van der Waals surface area (Å²) in [4.78, 5) is 11.4. The van der Waals surface area contributed by atoms with E-state index >= 15 is 0 Å². The number of nitrogens with zero attached hydrogens (tertiary/aromatic N) is 4. The second kappa shape index (κ2) is 4.96. The minimum atomic E-state index is -0.371. The topological polar surface area (TPSA) is 69.9 Å². The Morgan fingerprint density at radius 2 is 2.37 bits per heavy atom. The highest BCUT2D eigenvalue weighted by molar-refractivity contribution is 8.00. The van der Waals surface area contributed by atoms with Crippen LogP contribution in [-0.4, -0.2) is 38.0 Å². The highest BCUT2D eigenvalue weighted by Crippen LogP contribution is 2.28. The van der Waals surface area contributed by atoms with Crippen LogP contribution in [0.1, 0.15) is 6.42 Å². The Morgan fingerprint density at radius 3 is 3.11 bits per heavy atom. The van der Waals surface area contributed by atoms with Gasteiger partial charge in [-0.3, -0.25) is 4.79 Å². The maximum Gasteiger partial charge on any atom is 0.319 e. The van der Waals surface area contributed by atoms with Crippen molar-refractivity contribution in [3.05, 3.63) is 30.1 Å². The fourth-order valence-corrected chi connectivity index (χ4v) is 2.69. The van der Waals surface area contributed by atoms with Gasteiger partial charge in [-0.15, -0.1) is 5.10 Å². The standard InChI is InChI=1S/C11H9FN4O2S/c12-7-2-1-3-8(6-7)16-11(13-14-15-16)19-9-4-5-18-10(9)17/h1-3,6,9H,4-5H2/t9-/m0/s1. The molecule has 19 heavy (non-hydrogen) atoms. The van der Waals surface area contributed by atoms with E-state index < -0.39 is 0 Å². The highest BCUT2D eigenvalue weighted by atomic mass is 32.2. The third-order valence-corrected chi connectivity index (χ3v) is 3.81. The lowest BCUT2D eigenvalue weighted by Gasteiger charge is -2.06. The van der Waals surface area contributed by atoms with Gasteiger partial charge in [-0.1, -0.05) is 17.8 Å². The van der Waals surface area contributed by atoms with Crippen molar-refractivity contribution in [2.75, 3.05) is 6.61 Å². The van der Waals surface area contributed by atoms with Crippen molar-refractivity contribution in [3.63, 3.8) is 0 Å². The lowest BCUT2D eigenvalue weighted by molar-refractivity contribution is -0.137. The summed E-state index contributed by atoms with van der Waals surface area (Å²) in [5, 5.41) is 11.4. The number of benzene rings is 1. The average Bonchev–Trinajstić information content (AvgIpc) is 3.00. The highest BCUT2D eigenvalue weighted by Gasteiger charge is 2.29. The van der Waals surface area contributed by atoms with Gasteiger partial charge < -0.3 is 4.74 Å². The van der Waals surface area contributed by atoms with Gasteiger partial charge in [0.25, 0.3) is 0 Å². The Kier molecular flexibility index (Phi) is 3.16. The quantitative estimate of drug-likeness (QED) is 0.787. The summed E-state index contributed by atoms with van der Waals surface area (Å²) in [7, 11) is 0. The molecule has 0 bridgehead atoms. The summed E-state index contributed by atoms with van der Waals surface area (Å²) in [6, 6.07) is 5.93. The first-order chi connectivity index (χ1) is 9.24. The van der Waals surface area contributed by atoms with Gasteiger partial charge in [-0.25, -0.2) is 4.39 Å². The van der Waals surface area contributed by atoms with E-state index in [1.807, 2.05) is 0 Å². The lowest BCUT2D eigenvalue weighted by Crippen LogP contribution is -2.11. The number of halogens is 1. The Labute approximate surface area is 111 Å². The molecule has 98 valence electrons. The lowest BCUT2D eigenvalue weighted by atomic mass is 10.3. The van der Waals surface area contributed by atoms with Crippen LogP contribution in [0.15, 0.2) is 29.4 Å². The number of thioether (sulfide) groups is 1. The summed E-state index contributed by atoms with van der Waals surface area (Å²) in [5.41, 5.74) is 0.513. The van der Waals surface area contributed by atoms with Crippen LogP contribution >= 0.6 is 11.8 Å². The first kappa shape index (κ1) is 12.1. The molecule has 1 saturated heterocycles. The molecule has 1 fully saturated rings. The number of aromatic nitrogens is 4. The minimum absolute atomic E-state index is 0.265. The number of ether oxygens (including phenoxy) is 1. The summed E-state index contributed by atoms with van der Waals surface area (Å²) in [6.45, 7) is 0.415. The number of tetrazole rings is 1. The Balaban J connectivity index is 1.88. The monoisotopic (exact) mass is 280 g/mol. The summed E-state index contributed by atoms with van der Waals surface area (Å²) < 4.78 is 19.5. The zero-order chi connectivity index (χ0) is 13.2. The summed E-state index contributed by atoms with van der Waals surface area (Å²) in [5.74, 6) is -0.636. The molecule has 2 heterocycles. The third kappa shape index (κ3) is 2.43. The molecule has 0 saturated carbocycles. The van der Waals surface area contributed by atoms with Crippen LogP contribution in [0, 0.1) is 5.82 Å². The number of hydrogen-bond acceptors (Lipinski definition) is 6. The van der Waals surface area contributed by atoms with Crippen molar-refractivity contribution in [1.29, 1.82) is 0 Å². The Hall–Kier alpha value is -1.96.